The minimum atomic E-state index is 0.542. The summed E-state index contributed by atoms with van der Waals surface area (Å²) in [6, 6.07) is 20.2. The van der Waals surface area contributed by atoms with Gasteiger partial charge < -0.3 is 9.68 Å². The highest BCUT2D eigenvalue weighted by molar-refractivity contribution is 8.76. The van der Waals surface area contributed by atoms with E-state index in [9.17, 15) is 0 Å². The summed E-state index contributed by atoms with van der Waals surface area (Å²) in [6.07, 6.45) is 3.66. The molecule has 0 N–H and O–H groups in total. The van der Waals surface area contributed by atoms with E-state index in [1.807, 2.05) is 86.9 Å². The minimum Gasteiger partial charge on any atom is -0.411 e. The average Bonchev–Trinajstić information content (AvgIpc) is 3.38. The van der Waals surface area contributed by atoms with Gasteiger partial charge >= 0.3 is 0 Å². The number of hydrogen-bond acceptors (Lipinski definition) is 6. The van der Waals surface area contributed by atoms with Gasteiger partial charge in [-0.05, 0) is 35.4 Å². The second kappa shape index (κ2) is 9.77. The van der Waals surface area contributed by atoms with Crippen molar-refractivity contribution in [3.63, 3.8) is 0 Å². The highest BCUT2D eigenvalue weighted by atomic mass is 33.1. The van der Waals surface area contributed by atoms with Crippen LogP contribution in [0.1, 0.15) is 13.8 Å². The number of hydrogen-bond donors (Lipinski definition) is 0. The third kappa shape index (κ3) is 4.34. The molecule has 0 unspecified atom stereocenters. The number of imidazole rings is 2. The predicted molar refractivity (Wildman–Crippen MR) is 121 cm³/mol. The fourth-order valence-corrected chi connectivity index (χ4v) is 4.83. The molecule has 0 aliphatic heterocycles. The molecule has 0 saturated carbocycles. The van der Waals surface area contributed by atoms with Crippen molar-refractivity contribution in [3.05, 3.63) is 73.1 Å². The van der Waals surface area contributed by atoms with E-state index in [4.69, 9.17) is 9.68 Å². The Bertz CT molecular complexity index is 993. The highest BCUT2D eigenvalue weighted by Crippen LogP contribution is 2.38. The van der Waals surface area contributed by atoms with Crippen LogP contribution in [0.2, 0.25) is 0 Å². The summed E-state index contributed by atoms with van der Waals surface area (Å²) in [7, 11) is 2.97. The zero-order valence-electron chi connectivity index (χ0n) is 16.8. The Morgan fingerprint density at radius 3 is 1.43 bits per heavy atom. The van der Waals surface area contributed by atoms with Crippen molar-refractivity contribution < 1.29 is 9.68 Å². The van der Waals surface area contributed by atoms with Crippen molar-refractivity contribution >= 4 is 21.6 Å². The van der Waals surface area contributed by atoms with Gasteiger partial charge in [0.05, 0.1) is 12.4 Å². The predicted octanol–water partition coefficient (Wildman–Crippen LogP) is 5.11. The van der Waals surface area contributed by atoms with Crippen LogP contribution in [-0.2, 0) is 0 Å². The van der Waals surface area contributed by atoms with Gasteiger partial charge in [-0.1, -0.05) is 60.7 Å². The summed E-state index contributed by atoms with van der Waals surface area (Å²) in [4.78, 5) is 20.9. The second-order valence-corrected chi connectivity index (χ2v) is 8.24. The molecule has 6 nitrogen and oxygen atoms in total. The Morgan fingerprint density at radius 2 is 1.07 bits per heavy atom. The summed E-state index contributed by atoms with van der Waals surface area (Å²) in [5, 5.41) is 1.49. The quantitative estimate of drug-likeness (QED) is 0.339. The van der Waals surface area contributed by atoms with Crippen LogP contribution in [0.25, 0.3) is 22.5 Å². The molecule has 2 aromatic carbocycles. The monoisotopic (exact) mass is 438 g/mol. The van der Waals surface area contributed by atoms with Crippen LogP contribution in [-0.4, -0.2) is 32.6 Å². The molecule has 4 aromatic rings. The number of aromatic nitrogens is 4. The topological polar surface area (TPSA) is 54.1 Å². The van der Waals surface area contributed by atoms with Gasteiger partial charge in [0, 0.05) is 11.1 Å². The largest absolute Gasteiger partial charge is 0.411 e. The van der Waals surface area contributed by atoms with E-state index in [-0.39, 0.29) is 0 Å². The molecule has 0 amide bonds. The molecule has 0 aliphatic carbocycles. The molecule has 0 saturated heterocycles. The van der Waals surface area contributed by atoms with Gasteiger partial charge in [-0.3, -0.25) is 0 Å². The molecule has 154 valence electrons. The average molecular weight is 439 g/mol. The molecule has 0 aliphatic rings. The van der Waals surface area contributed by atoms with Crippen molar-refractivity contribution in [1.82, 2.24) is 19.4 Å². The van der Waals surface area contributed by atoms with Gasteiger partial charge in [-0.25, -0.2) is 9.97 Å². The van der Waals surface area contributed by atoms with Gasteiger partial charge in [0.25, 0.3) is 0 Å². The summed E-state index contributed by atoms with van der Waals surface area (Å²) < 4.78 is 3.55. The summed E-state index contributed by atoms with van der Waals surface area (Å²) >= 11 is 0. The smallest absolute Gasteiger partial charge is 0.214 e. The van der Waals surface area contributed by atoms with Gasteiger partial charge in [0.1, 0.15) is 24.6 Å². The van der Waals surface area contributed by atoms with Crippen LogP contribution in [0.15, 0.2) is 83.4 Å². The molecule has 8 heteroatoms. The third-order valence-electron chi connectivity index (χ3n) is 4.23. The fourth-order valence-electron chi connectivity index (χ4n) is 2.94. The molecule has 0 bridgehead atoms. The normalized spacial score (nSPS) is 10.9. The summed E-state index contributed by atoms with van der Waals surface area (Å²) in [5.74, 6) is 0. The molecule has 2 aromatic heterocycles. The lowest BCUT2D eigenvalue weighted by atomic mass is 10.2. The first-order valence-corrected chi connectivity index (χ1v) is 11.8. The second-order valence-electron chi connectivity index (χ2n) is 6.18. The molecule has 2 heterocycles. The van der Waals surface area contributed by atoms with E-state index in [0.717, 1.165) is 32.8 Å². The number of benzene rings is 2. The van der Waals surface area contributed by atoms with E-state index >= 15 is 0 Å². The maximum atomic E-state index is 5.86. The zero-order valence-corrected chi connectivity index (χ0v) is 18.4. The maximum Gasteiger partial charge on any atom is 0.214 e. The molecule has 0 atom stereocenters. The van der Waals surface area contributed by atoms with Crippen LogP contribution in [0, 0.1) is 0 Å². The van der Waals surface area contributed by atoms with E-state index in [0.29, 0.717) is 13.2 Å². The van der Waals surface area contributed by atoms with Gasteiger partial charge in [-0.15, -0.1) is 0 Å². The van der Waals surface area contributed by atoms with Gasteiger partial charge in [0.2, 0.25) is 10.3 Å². The van der Waals surface area contributed by atoms with Crippen LogP contribution in [0.3, 0.4) is 0 Å². The Hall–Kier alpha value is -2.84. The Balaban J connectivity index is 1.59. The number of nitrogens with zero attached hydrogens (tertiary/aromatic N) is 4. The maximum absolute atomic E-state index is 5.86. The Kier molecular flexibility index (Phi) is 6.66. The lowest BCUT2D eigenvalue weighted by Gasteiger charge is -2.12. The Morgan fingerprint density at radius 1 is 0.667 bits per heavy atom. The summed E-state index contributed by atoms with van der Waals surface area (Å²) in [5.41, 5.74) is 3.94. The minimum absolute atomic E-state index is 0.542. The van der Waals surface area contributed by atoms with Crippen molar-refractivity contribution in [2.75, 3.05) is 13.2 Å². The van der Waals surface area contributed by atoms with E-state index in [2.05, 4.69) is 9.97 Å². The SMILES string of the molecule is CCOn1c(-c2ccccc2)cnc1SSc1ncc(-c2ccccc2)n1OCC. The van der Waals surface area contributed by atoms with Crippen LogP contribution in [0.5, 0.6) is 0 Å². The van der Waals surface area contributed by atoms with Crippen molar-refractivity contribution in [2.24, 2.45) is 0 Å². The summed E-state index contributed by atoms with van der Waals surface area (Å²) in [6.45, 7) is 5.01. The molecular formula is C22H22N4O2S2. The third-order valence-corrected chi connectivity index (χ3v) is 6.29. The van der Waals surface area contributed by atoms with E-state index in [1.165, 1.54) is 21.6 Å². The standard InChI is InChI=1S/C22H22N4O2S2/c1-3-27-25-19(17-11-7-5-8-12-17)15-23-21(25)29-30-22-24-16-20(26(22)28-4-2)18-13-9-6-10-14-18/h5-16H,3-4H2,1-2H3. The van der Waals surface area contributed by atoms with Crippen LogP contribution >= 0.6 is 21.6 Å². The molecule has 0 radical (unpaired) electrons. The number of rotatable bonds is 9. The van der Waals surface area contributed by atoms with E-state index < -0.39 is 0 Å². The fraction of sp³-hybridized carbons (Fsp3) is 0.182. The van der Waals surface area contributed by atoms with E-state index in [1.54, 1.807) is 9.46 Å². The zero-order chi connectivity index (χ0) is 20.8. The molecule has 0 fully saturated rings. The molecule has 4 rings (SSSR count). The first kappa shape index (κ1) is 20.4. The first-order chi connectivity index (χ1) is 14.8. The van der Waals surface area contributed by atoms with Crippen molar-refractivity contribution in [2.45, 2.75) is 24.2 Å². The van der Waals surface area contributed by atoms with Crippen molar-refractivity contribution in [3.8, 4) is 22.5 Å². The van der Waals surface area contributed by atoms with Crippen LogP contribution in [0.4, 0.5) is 0 Å². The van der Waals surface area contributed by atoms with Crippen LogP contribution < -0.4 is 9.68 Å². The Labute approximate surface area is 183 Å². The lowest BCUT2D eigenvalue weighted by Crippen LogP contribution is -2.14. The van der Waals surface area contributed by atoms with Crippen molar-refractivity contribution in [1.29, 1.82) is 0 Å². The van der Waals surface area contributed by atoms with Gasteiger partial charge in [0.15, 0.2) is 0 Å². The molecular weight excluding hydrogens is 416 g/mol. The van der Waals surface area contributed by atoms with Gasteiger partial charge in [-0.2, -0.15) is 9.46 Å². The highest BCUT2D eigenvalue weighted by Gasteiger charge is 2.18. The molecule has 0 spiro atoms. The lowest BCUT2D eigenvalue weighted by molar-refractivity contribution is 0.105. The first-order valence-electron chi connectivity index (χ1n) is 9.69. The molecule has 30 heavy (non-hydrogen) atoms.